The van der Waals surface area contributed by atoms with Crippen LogP contribution >= 0.6 is 0 Å². The Morgan fingerprint density at radius 3 is 2.81 bits per heavy atom. The Kier molecular flexibility index (Phi) is 5.11. The van der Waals surface area contributed by atoms with E-state index in [1.54, 1.807) is 0 Å². The van der Waals surface area contributed by atoms with Crippen LogP contribution in [-0.2, 0) is 24.4 Å². The molecule has 26 heavy (non-hydrogen) atoms. The number of hydrogen-bond acceptors (Lipinski definition) is 6. The van der Waals surface area contributed by atoms with E-state index in [1.807, 2.05) is 20.0 Å². The average molecular weight is 359 g/mol. The van der Waals surface area contributed by atoms with Gasteiger partial charge in [0.05, 0.1) is 25.5 Å². The van der Waals surface area contributed by atoms with Crippen LogP contribution in [0.25, 0.3) is 0 Å². The first-order valence-electron chi connectivity index (χ1n) is 9.60. The van der Waals surface area contributed by atoms with Crippen molar-refractivity contribution in [1.29, 1.82) is 0 Å². The summed E-state index contributed by atoms with van der Waals surface area (Å²) in [5.41, 5.74) is 2.24. The van der Waals surface area contributed by atoms with E-state index in [1.165, 1.54) is 5.56 Å². The van der Waals surface area contributed by atoms with Crippen molar-refractivity contribution in [1.82, 2.24) is 24.5 Å². The molecule has 2 aromatic rings. The first-order chi connectivity index (χ1) is 12.6. The van der Waals surface area contributed by atoms with Crippen LogP contribution in [0.15, 0.2) is 16.9 Å². The standard InChI is InChI=1S/C19H29N5O2/c1-4-23-6-5-20-19(23)11-24-8-16-7-22(9-17(24)13-25-12-16)10-18-14(2)21-26-15(18)3/h5-6,16-17H,4,7-13H2,1-3H3/t16-,17-/m0/s1. The molecule has 0 radical (unpaired) electrons. The molecule has 7 heteroatoms. The summed E-state index contributed by atoms with van der Waals surface area (Å²) in [7, 11) is 0. The average Bonchev–Trinajstić information content (AvgIpc) is 3.07. The van der Waals surface area contributed by atoms with Crippen LogP contribution in [-0.4, -0.2) is 63.4 Å². The predicted octanol–water partition coefficient (Wildman–Crippen LogP) is 1.84. The molecule has 0 spiro atoms. The summed E-state index contributed by atoms with van der Waals surface area (Å²) in [5, 5.41) is 4.11. The summed E-state index contributed by atoms with van der Waals surface area (Å²) in [6.45, 7) is 13.7. The molecule has 0 aromatic carbocycles. The van der Waals surface area contributed by atoms with E-state index in [-0.39, 0.29) is 0 Å². The molecule has 0 amide bonds. The third-order valence-electron chi connectivity index (χ3n) is 5.71. The number of fused-ring (bicyclic) bond motifs is 3. The fourth-order valence-corrected chi connectivity index (χ4v) is 4.26. The maximum atomic E-state index is 5.97. The van der Waals surface area contributed by atoms with E-state index in [2.05, 4.69) is 37.6 Å². The van der Waals surface area contributed by atoms with E-state index < -0.39 is 0 Å². The maximum absolute atomic E-state index is 5.97. The van der Waals surface area contributed by atoms with Crippen LogP contribution in [0.3, 0.4) is 0 Å². The van der Waals surface area contributed by atoms with Gasteiger partial charge >= 0.3 is 0 Å². The monoisotopic (exact) mass is 359 g/mol. The van der Waals surface area contributed by atoms with E-state index >= 15 is 0 Å². The minimum absolute atomic E-state index is 0.393. The molecular formula is C19H29N5O2. The smallest absolute Gasteiger partial charge is 0.138 e. The minimum atomic E-state index is 0.393. The molecule has 0 saturated carbocycles. The van der Waals surface area contributed by atoms with Crippen molar-refractivity contribution in [3.8, 4) is 0 Å². The topological polar surface area (TPSA) is 59.6 Å². The lowest BCUT2D eigenvalue weighted by Gasteiger charge is -2.31. The van der Waals surface area contributed by atoms with Gasteiger partial charge in [0.1, 0.15) is 11.6 Å². The zero-order valence-electron chi connectivity index (χ0n) is 16.0. The molecular weight excluding hydrogens is 330 g/mol. The Labute approximate surface area is 154 Å². The van der Waals surface area contributed by atoms with Crippen LogP contribution in [0.2, 0.25) is 0 Å². The number of nitrogens with zero attached hydrogens (tertiary/aromatic N) is 5. The lowest BCUT2D eigenvalue weighted by atomic mass is 10.1. The molecule has 2 atom stereocenters. The molecule has 7 nitrogen and oxygen atoms in total. The normalized spacial score (nSPS) is 24.7. The van der Waals surface area contributed by atoms with E-state index in [4.69, 9.17) is 9.26 Å². The first-order valence-corrected chi connectivity index (χ1v) is 9.60. The molecule has 2 aliphatic heterocycles. The lowest BCUT2D eigenvalue weighted by molar-refractivity contribution is 0.0463. The van der Waals surface area contributed by atoms with Crippen molar-refractivity contribution in [2.75, 3.05) is 32.8 Å². The third-order valence-corrected chi connectivity index (χ3v) is 5.71. The molecule has 0 aliphatic carbocycles. The van der Waals surface area contributed by atoms with Gasteiger partial charge < -0.3 is 13.8 Å². The van der Waals surface area contributed by atoms with Crippen molar-refractivity contribution in [3.05, 3.63) is 35.2 Å². The van der Waals surface area contributed by atoms with Gasteiger partial charge in [-0.05, 0) is 20.8 Å². The highest BCUT2D eigenvalue weighted by Crippen LogP contribution is 2.24. The first kappa shape index (κ1) is 17.7. The van der Waals surface area contributed by atoms with E-state index in [9.17, 15) is 0 Å². The van der Waals surface area contributed by atoms with Gasteiger partial charge in [0.25, 0.3) is 0 Å². The van der Waals surface area contributed by atoms with Crippen molar-refractivity contribution >= 4 is 0 Å². The van der Waals surface area contributed by atoms with Crippen LogP contribution in [0.5, 0.6) is 0 Å². The minimum Gasteiger partial charge on any atom is -0.379 e. The molecule has 4 heterocycles. The highest BCUT2D eigenvalue weighted by atomic mass is 16.5. The summed E-state index contributed by atoms with van der Waals surface area (Å²) >= 11 is 0. The van der Waals surface area contributed by atoms with Gasteiger partial charge in [0.15, 0.2) is 0 Å². The number of imidazole rings is 1. The highest BCUT2D eigenvalue weighted by Gasteiger charge is 2.34. The van der Waals surface area contributed by atoms with Crippen LogP contribution in [0.4, 0.5) is 0 Å². The molecule has 2 saturated heterocycles. The fourth-order valence-electron chi connectivity index (χ4n) is 4.26. The summed E-state index contributed by atoms with van der Waals surface area (Å²) in [4.78, 5) is 9.70. The summed E-state index contributed by atoms with van der Waals surface area (Å²) in [6, 6.07) is 0.393. The third kappa shape index (κ3) is 3.56. The van der Waals surface area contributed by atoms with Gasteiger partial charge in [-0.25, -0.2) is 4.98 Å². The zero-order chi connectivity index (χ0) is 18.1. The van der Waals surface area contributed by atoms with Crippen molar-refractivity contribution in [2.45, 2.75) is 46.4 Å². The Morgan fingerprint density at radius 2 is 2.04 bits per heavy atom. The van der Waals surface area contributed by atoms with Gasteiger partial charge in [-0.15, -0.1) is 0 Å². The molecule has 4 rings (SSSR count). The van der Waals surface area contributed by atoms with Crippen LogP contribution < -0.4 is 0 Å². The highest BCUT2D eigenvalue weighted by molar-refractivity contribution is 5.20. The summed E-state index contributed by atoms with van der Waals surface area (Å²) < 4.78 is 13.6. The Bertz CT molecular complexity index is 721. The SMILES string of the molecule is CCn1ccnc1CN1C[C@H]2COC[C@@H]1CN(Cc1c(C)noc1C)C2. The number of aryl methyl sites for hydroxylation is 3. The van der Waals surface area contributed by atoms with E-state index in [0.29, 0.717) is 12.0 Å². The predicted molar refractivity (Wildman–Crippen MR) is 97.7 cm³/mol. The second-order valence-electron chi connectivity index (χ2n) is 7.61. The Morgan fingerprint density at radius 1 is 1.15 bits per heavy atom. The molecule has 2 aliphatic rings. The second kappa shape index (κ2) is 7.50. The largest absolute Gasteiger partial charge is 0.379 e. The van der Waals surface area contributed by atoms with E-state index in [0.717, 1.165) is 69.8 Å². The molecule has 2 bridgehead atoms. The molecule has 0 unspecified atom stereocenters. The van der Waals surface area contributed by atoms with Crippen LogP contribution in [0.1, 0.15) is 29.8 Å². The van der Waals surface area contributed by atoms with Gasteiger partial charge in [-0.3, -0.25) is 9.80 Å². The Hall–Kier alpha value is -1.70. The second-order valence-corrected chi connectivity index (χ2v) is 7.61. The van der Waals surface area contributed by atoms with Crippen LogP contribution in [0, 0.1) is 19.8 Å². The lowest BCUT2D eigenvalue weighted by Crippen LogP contribution is -2.43. The quantitative estimate of drug-likeness (QED) is 0.812. The number of rotatable bonds is 5. The number of hydrogen-bond donors (Lipinski definition) is 0. The maximum Gasteiger partial charge on any atom is 0.138 e. The summed E-state index contributed by atoms with van der Waals surface area (Å²) in [6.07, 6.45) is 3.97. The molecule has 0 N–H and O–H groups in total. The van der Waals surface area contributed by atoms with Crippen molar-refractivity contribution < 1.29 is 9.26 Å². The summed E-state index contributed by atoms with van der Waals surface area (Å²) in [5.74, 6) is 2.61. The molecule has 2 fully saturated rings. The van der Waals surface area contributed by atoms with Gasteiger partial charge in [0, 0.05) is 62.6 Å². The van der Waals surface area contributed by atoms with Crippen molar-refractivity contribution in [2.24, 2.45) is 5.92 Å². The molecule has 2 aromatic heterocycles. The Balaban J connectivity index is 1.50. The fraction of sp³-hybridized carbons (Fsp3) is 0.684. The van der Waals surface area contributed by atoms with Gasteiger partial charge in [-0.2, -0.15) is 0 Å². The number of aromatic nitrogens is 3. The van der Waals surface area contributed by atoms with Crippen molar-refractivity contribution in [3.63, 3.8) is 0 Å². The number of ether oxygens (including phenoxy) is 1. The zero-order valence-corrected chi connectivity index (χ0v) is 16.0. The van der Waals surface area contributed by atoms with Gasteiger partial charge in [0.2, 0.25) is 0 Å². The van der Waals surface area contributed by atoms with Gasteiger partial charge in [-0.1, -0.05) is 5.16 Å². The molecule has 142 valence electrons.